The number of hydrogen-bond donors (Lipinski definition) is 1. The summed E-state index contributed by atoms with van der Waals surface area (Å²) in [4.78, 5) is 21.3. The number of aromatic nitrogens is 2. The Labute approximate surface area is 174 Å². The second-order valence-electron chi connectivity index (χ2n) is 6.40. The molecule has 0 bridgehead atoms. The SMILES string of the molecule is COc1cccc(NC(=O)c2ccc(-c3nccc(Oc4ccccc4)n3)cc2)c1. The normalized spacial score (nSPS) is 10.3. The van der Waals surface area contributed by atoms with E-state index in [1.807, 2.05) is 54.6 Å². The Balaban J connectivity index is 1.48. The summed E-state index contributed by atoms with van der Waals surface area (Å²) in [5.41, 5.74) is 1.97. The number of nitrogens with one attached hydrogen (secondary N) is 1. The standard InChI is InChI=1S/C24H19N3O3/c1-29-21-9-5-6-19(16-21)26-24(28)18-12-10-17(11-13-18)23-25-15-14-22(27-23)30-20-7-3-2-4-8-20/h2-16H,1H3,(H,26,28). The van der Waals surface area contributed by atoms with E-state index in [1.54, 1.807) is 43.6 Å². The van der Waals surface area contributed by atoms with Gasteiger partial charge in [0.05, 0.1) is 7.11 Å². The molecule has 1 N–H and O–H groups in total. The van der Waals surface area contributed by atoms with E-state index in [9.17, 15) is 4.79 Å². The van der Waals surface area contributed by atoms with E-state index in [1.165, 1.54) is 0 Å². The first-order valence-electron chi connectivity index (χ1n) is 9.33. The van der Waals surface area contributed by atoms with E-state index < -0.39 is 0 Å². The summed E-state index contributed by atoms with van der Waals surface area (Å²) in [5, 5.41) is 2.86. The van der Waals surface area contributed by atoms with Gasteiger partial charge in [0.1, 0.15) is 11.5 Å². The van der Waals surface area contributed by atoms with Gasteiger partial charge in [-0.15, -0.1) is 0 Å². The maximum Gasteiger partial charge on any atom is 0.255 e. The molecule has 0 aliphatic heterocycles. The summed E-state index contributed by atoms with van der Waals surface area (Å²) in [6.45, 7) is 0. The van der Waals surface area contributed by atoms with Crippen molar-refractivity contribution in [2.24, 2.45) is 0 Å². The van der Waals surface area contributed by atoms with Crippen LogP contribution in [0.25, 0.3) is 11.4 Å². The van der Waals surface area contributed by atoms with Crippen molar-refractivity contribution >= 4 is 11.6 Å². The van der Waals surface area contributed by atoms with Crippen LogP contribution in [-0.4, -0.2) is 23.0 Å². The zero-order valence-electron chi connectivity index (χ0n) is 16.3. The van der Waals surface area contributed by atoms with Gasteiger partial charge in [0.15, 0.2) is 5.82 Å². The van der Waals surface area contributed by atoms with E-state index >= 15 is 0 Å². The van der Waals surface area contributed by atoms with Crippen molar-refractivity contribution in [1.82, 2.24) is 9.97 Å². The maximum absolute atomic E-state index is 12.5. The van der Waals surface area contributed by atoms with Crippen molar-refractivity contribution in [3.05, 3.63) is 96.7 Å². The lowest BCUT2D eigenvalue weighted by Gasteiger charge is -2.08. The molecule has 3 aromatic carbocycles. The van der Waals surface area contributed by atoms with Gasteiger partial charge in [0.25, 0.3) is 5.91 Å². The second kappa shape index (κ2) is 8.87. The lowest BCUT2D eigenvalue weighted by Crippen LogP contribution is -2.11. The van der Waals surface area contributed by atoms with E-state index in [0.29, 0.717) is 34.5 Å². The molecule has 0 unspecified atom stereocenters. The Morgan fingerprint density at radius 2 is 1.63 bits per heavy atom. The van der Waals surface area contributed by atoms with Crippen LogP contribution >= 0.6 is 0 Å². The highest BCUT2D eigenvalue weighted by Gasteiger charge is 2.09. The fourth-order valence-electron chi connectivity index (χ4n) is 2.82. The van der Waals surface area contributed by atoms with Crippen LogP contribution in [0.3, 0.4) is 0 Å². The minimum absolute atomic E-state index is 0.211. The minimum Gasteiger partial charge on any atom is -0.497 e. The lowest BCUT2D eigenvalue weighted by molar-refractivity contribution is 0.102. The Bertz CT molecular complexity index is 1150. The van der Waals surface area contributed by atoms with Gasteiger partial charge in [0.2, 0.25) is 5.88 Å². The number of nitrogens with zero attached hydrogens (tertiary/aromatic N) is 2. The summed E-state index contributed by atoms with van der Waals surface area (Å²) in [5.74, 6) is 2.13. The average molecular weight is 397 g/mol. The molecule has 0 fully saturated rings. The number of para-hydroxylation sites is 1. The van der Waals surface area contributed by atoms with E-state index in [2.05, 4.69) is 15.3 Å². The molecule has 0 aliphatic carbocycles. The third-order valence-corrected chi connectivity index (χ3v) is 4.33. The van der Waals surface area contributed by atoms with Crippen molar-refractivity contribution < 1.29 is 14.3 Å². The topological polar surface area (TPSA) is 73.3 Å². The maximum atomic E-state index is 12.5. The molecule has 1 aromatic heterocycles. The quantitative estimate of drug-likeness (QED) is 0.484. The number of amides is 1. The van der Waals surface area contributed by atoms with Crippen LogP contribution in [0.15, 0.2) is 91.1 Å². The van der Waals surface area contributed by atoms with Crippen LogP contribution in [0.1, 0.15) is 10.4 Å². The van der Waals surface area contributed by atoms with Gasteiger partial charge in [-0.1, -0.05) is 36.4 Å². The Morgan fingerprint density at radius 3 is 2.40 bits per heavy atom. The molecule has 1 heterocycles. The molecule has 6 heteroatoms. The van der Waals surface area contributed by atoms with Gasteiger partial charge in [-0.2, -0.15) is 4.98 Å². The zero-order valence-corrected chi connectivity index (χ0v) is 16.3. The van der Waals surface area contributed by atoms with Crippen LogP contribution < -0.4 is 14.8 Å². The molecule has 0 saturated carbocycles. The molecule has 0 aliphatic rings. The summed E-state index contributed by atoms with van der Waals surface area (Å²) < 4.78 is 10.9. The number of benzene rings is 3. The van der Waals surface area contributed by atoms with Crippen LogP contribution in [0.5, 0.6) is 17.4 Å². The molecule has 0 atom stereocenters. The molecule has 6 nitrogen and oxygen atoms in total. The van der Waals surface area contributed by atoms with Gasteiger partial charge < -0.3 is 14.8 Å². The summed E-state index contributed by atoms with van der Waals surface area (Å²) >= 11 is 0. The number of carbonyl (C=O) groups excluding carboxylic acids is 1. The summed E-state index contributed by atoms with van der Waals surface area (Å²) in [7, 11) is 1.58. The van der Waals surface area contributed by atoms with Crippen molar-refractivity contribution in [2.75, 3.05) is 12.4 Å². The molecule has 0 spiro atoms. The molecule has 30 heavy (non-hydrogen) atoms. The summed E-state index contributed by atoms with van der Waals surface area (Å²) in [6.07, 6.45) is 1.64. The van der Waals surface area contributed by atoms with Crippen LogP contribution in [-0.2, 0) is 0 Å². The van der Waals surface area contributed by atoms with Crippen molar-refractivity contribution in [3.8, 4) is 28.8 Å². The number of carbonyl (C=O) groups is 1. The van der Waals surface area contributed by atoms with Crippen molar-refractivity contribution in [1.29, 1.82) is 0 Å². The fourth-order valence-corrected chi connectivity index (χ4v) is 2.82. The molecule has 4 aromatic rings. The highest BCUT2D eigenvalue weighted by molar-refractivity contribution is 6.04. The fraction of sp³-hybridized carbons (Fsp3) is 0.0417. The third-order valence-electron chi connectivity index (χ3n) is 4.33. The van der Waals surface area contributed by atoms with Crippen molar-refractivity contribution in [3.63, 3.8) is 0 Å². The number of anilines is 1. The highest BCUT2D eigenvalue weighted by Crippen LogP contribution is 2.23. The number of ether oxygens (including phenoxy) is 2. The highest BCUT2D eigenvalue weighted by atomic mass is 16.5. The van der Waals surface area contributed by atoms with E-state index in [4.69, 9.17) is 9.47 Å². The number of hydrogen-bond acceptors (Lipinski definition) is 5. The number of rotatable bonds is 6. The zero-order chi connectivity index (χ0) is 20.8. The first-order valence-corrected chi connectivity index (χ1v) is 9.33. The Morgan fingerprint density at radius 1 is 0.867 bits per heavy atom. The second-order valence-corrected chi connectivity index (χ2v) is 6.40. The molecule has 148 valence electrons. The van der Waals surface area contributed by atoms with Gasteiger partial charge in [-0.25, -0.2) is 4.98 Å². The predicted molar refractivity (Wildman–Crippen MR) is 115 cm³/mol. The first kappa shape index (κ1) is 19.1. The number of methoxy groups -OCH3 is 1. The predicted octanol–water partition coefficient (Wildman–Crippen LogP) is 5.20. The molecule has 0 saturated heterocycles. The lowest BCUT2D eigenvalue weighted by atomic mass is 10.1. The van der Waals surface area contributed by atoms with E-state index in [-0.39, 0.29) is 5.91 Å². The third kappa shape index (κ3) is 4.62. The van der Waals surface area contributed by atoms with E-state index in [0.717, 1.165) is 5.56 Å². The molecular formula is C24H19N3O3. The first-order chi connectivity index (χ1) is 14.7. The smallest absolute Gasteiger partial charge is 0.255 e. The van der Waals surface area contributed by atoms with Gasteiger partial charge >= 0.3 is 0 Å². The van der Waals surface area contributed by atoms with Gasteiger partial charge in [-0.3, -0.25) is 4.79 Å². The van der Waals surface area contributed by atoms with Crippen LogP contribution in [0, 0.1) is 0 Å². The Kier molecular flexibility index (Phi) is 5.66. The van der Waals surface area contributed by atoms with Crippen LogP contribution in [0.4, 0.5) is 5.69 Å². The molecule has 0 radical (unpaired) electrons. The average Bonchev–Trinajstić information content (AvgIpc) is 2.80. The van der Waals surface area contributed by atoms with Gasteiger partial charge in [0, 0.05) is 35.1 Å². The summed E-state index contributed by atoms with van der Waals surface area (Å²) in [6, 6.07) is 25.4. The van der Waals surface area contributed by atoms with Crippen molar-refractivity contribution in [2.45, 2.75) is 0 Å². The monoisotopic (exact) mass is 397 g/mol. The minimum atomic E-state index is -0.211. The molecular weight excluding hydrogens is 378 g/mol. The van der Waals surface area contributed by atoms with Gasteiger partial charge in [-0.05, 0) is 36.4 Å². The molecule has 4 rings (SSSR count). The molecule has 1 amide bonds. The Hall–Kier alpha value is -4.19. The largest absolute Gasteiger partial charge is 0.497 e. The van der Waals surface area contributed by atoms with Crippen LogP contribution in [0.2, 0.25) is 0 Å².